The molecule has 0 spiro atoms. The van der Waals surface area contributed by atoms with Crippen LogP contribution in [-0.2, 0) is 16.1 Å². The van der Waals surface area contributed by atoms with Gasteiger partial charge < -0.3 is 19.7 Å². The van der Waals surface area contributed by atoms with E-state index in [1.54, 1.807) is 24.1 Å². The number of rotatable bonds is 7. The van der Waals surface area contributed by atoms with Crippen molar-refractivity contribution in [2.45, 2.75) is 26.3 Å². The standard InChI is InChI=1S/C23H28N2O4/c1-17-7-3-4-8-19(17)15-24-23(27)18-11-13-25(14-12-18)22(26)16-29-21-10-6-5-9-20(21)28-2/h3-10,18H,11-16H2,1-2H3,(H,24,27). The van der Waals surface area contributed by atoms with Crippen LogP contribution in [0.4, 0.5) is 0 Å². The molecule has 6 heteroatoms. The molecule has 2 aromatic carbocycles. The molecule has 0 bridgehead atoms. The third kappa shape index (κ3) is 5.50. The lowest BCUT2D eigenvalue weighted by Crippen LogP contribution is -2.44. The summed E-state index contributed by atoms with van der Waals surface area (Å²) in [5, 5.41) is 3.03. The van der Waals surface area contributed by atoms with Gasteiger partial charge in [0, 0.05) is 25.6 Å². The van der Waals surface area contributed by atoms with Crippen LogP contribution in [0.3, 0.4) is 0 Å². The third-order valence-electron chi connectivity index (χ3n) is 5.35. The van der Waals surface area contributed by atoms with E-state index in [2.05, 4.69) is 5.32 Å². The first-order chi connectivity index (χ1) is 14.1. The molecule has 1 aliphatic rings. The summed E-state index contributed by atoms with van der Waals surface area (Å²) < 4.78 is 10.9. The number of methoxy groups -OCH3 is 1. The number of amides is 2. The lowest BCUT2D eigenvalue weighted by Gasteiger charge is -2.31. The van der Waals surface area contributed by atoms with E-state index >= 15 is 0 Å². The van der Waals surface area contributed by atoms with Gasteiger partial charge in [0.2, 0.25) is 5.91 Å². The zero-order valence-electron chi connectivity index (χ0n) is 17.0. The van der Waals surface area contributed by atoms with Crippen molar-refractivity contribution in [2.75, 3.05) is 26.8 Å². The highest BCUT2D eigenvalue weighted by atomic mass is 16.5. The normalized spacial score (nSPS) is 14.3. The third-order valence-corrected chi connectivity index (χ3v) is 5.35. The number of carbonyl (C=O) groups excluding carboxylic acids is 2. The minimum absolute atomic E-state index is 0.0372. The van der Waals surface area contributed by atoms with Crippen LogP contribution >= 0.6 is 0 Å². The molecule has 1 saturated heterocycles. The maximum Gasteiger partial charge on any atom is 0.260 e. The number of nitrogens with zero attached hydrogens (tertiary/aromatic N) is 1. The maximum absolute atomic E-state index is 12.5. The van der Waals surface area contributed by atoms with Crippen LogP contribution in [0.15, 0.2) is 48.5 Å². The first-order valence-corrected chi connectivity index (χ1v) is 9.94. The van der Waals surface area contributed by atoms with Crippen molar-refractivity contribution in [3.8, 4) is 11.5 Å². The molecule has 29 heavy (non-hydrogen) atoms. The number of hydrogen-bond donors (Lipinski definition) is 1. The van der Waals surface area contributed by atoms with Gasteiger partial charge in [-0.3, -0.25) is 9.59 Å². The molecule has 154 valence electrons. The molecule has 1 fully saturated rings. The van der Waals surface area contributed by atoms with Crippen LogP contribution in [0.5, 0.6) is 11.5 Å². The van der Waals surface area contributed by atoms with E-state index < -0.39 is 0 Å². The number of piperidine rings is 1. The lowest BCUT2D eigenvalue weighted by molar-refractivity contribution is -0.137. The van der Waals surface area contributed by atoms with E-state index in [9.17, 15) is 9.59 Å². The zero-order chi connectivity index (χ0) is 20.6. The summed E-state index contributed by atoms with van der Waals surface area (Å²) in [5.74, 6) is 1.08. The van der Waals surface area contributed by atoms with Crippen LogP contribution in [0, 0.1) is 12.8 Å². The average molecular weight is 396 g/mol. The van der Waals surface area contributed by atoms with E-state index in [1.807, 2.05) is 43.3 Å². The first-order valence-electron chi connectivity index (χ1n) is 9.94. The summed E-state index contributed by atoms with van der Waals surface area (Å²) in [4.78, 5) is 26.7. The highest BCUT2D eigenvalue weighted by Gasteiger charge is 2.27. The Morgan fingerprint density at radius 3 is 2.38 bits per heavy atom. The highest BCUT2D eigenvalue weighted by molar-refractivity contribution is 5.80. The number of nitrogens with one attached hydrogen (secondary N) is 1. The van der Waals surface area contributed by atoms with Gasteiger partial charge in [0.15, 0.2) is 18.1 Å². The second kappa shape index (κ2) is 9.96. The van der Waals surface area contributed by atoms with Crippen molar-refractivity contribution in [3.63, 3.8) is 0 Å². The average Bonchev–Trinajstić information content (AvgIpc) is 2.77. The second-order valence-electron chi connectivity index (χ2n) is 7.24. The molecule has 0 radical (unpaired) electrons. The quantitative estimate of drug-likeness (QED) is 0.781. The van der Waals surface area contributed by atoms with E-state index in [1.165, 1.54) is 5.56 Å². The Balaban J connectivity index is 1.43. The van der Waals surface area contributed by atoms with Crippen LogP contribution in [0.2, 0.25) is 0 Å². The van der Waals surface area contributed by atoms with Crippen molar-refractivity contribution < 1.29 is 19.1 Å². The summed E-state index contributed by atoms with van der Waals surface area (Å²) in [6.07, 6.45) is 1.33. The van der Waals surface area contributed by atoms with Crippen molar-refractivity contribution in [3.05, 3.63) is 59.7 Å². The fourth-order valence-corrected chi connectivity index (χ4v) is 3.50. The predicted molar refractivity (Wildman–Crippen MR) is 111 cm³/mol. The molecule has 1 aliphatic heterocycles. The minimum atomic E-state index is -0.0744. The summed E-state index contributed by atoms with van der Waals surface area (Å²) in [7, 11) is 1.57. The number of benzene rings is 2. The number of carbonyl (C=O) groups is 2. The van der Waals surface area contributed by atoms with E-state index in [0.29, 0.717) is 44.0 Å². The molecule has 0 unspecified atom stereocenters. The lowest BCUT2D eigenvalue weighted by atomic mass is 9.95. The summed E-state index contributed by atoms with van der Waals surface area (Å²) in [6, 6.07) is 15.3. The molecule has 0 saturated carbocycles. The maximum atomic E-state index is 12.5. The Kier molecular flexibility index (Phi) is 7.11. The Bertz CT molecular complexity index is 844. The van der Waals surface area contributed by atoms with Gasteiger partial charge in [-0.2, -0.15) is 0 Å². The second-order valence-corrected chi connectivity index (χ2v) is 7.24. The summed E-state index contributed by atoms with van der Waals surface area (Å²) >= 11 is 0. The number of aryl methyl sites for hydroxylation is 1. The van der Waals surface area contributed by atoms with Gasteiger partial charge in [-0.15, -0.1) is 0 Å². The largest absolute Gasteiger partial charge is 0.493 e. The SMILES string of the molecule is COc1ccccc1OCC(=O)N1CCC(C(=O)NCc2ccccc2C)CC1. The van der Waals surface area contributed by atoms with Crippen molar-refractivity contribution in [1.82, 2.24) is 10.2 Å². The topological polar surface area (TPSA) is 67.9 Å². The van der Waals surface area contributed by atoms with Gasteiger partial charge in [0.05, 0.1) is 7.11 Å². The molecular weight excluding hydrogens is 368 g/mol. The molecule has 0 atom stereocenters. The Morgan fingerprint density at radius 1 is 1.03 bits per heavy atom. The van der Waals surface area contributed by atoms with Gasteiger partial charge in [-0.1, -0.05) is 36.4 Å². The van der Waals surface area contributed by atoms with Gasteiger partial charge >= 0.3 is 0 Å². The molecule has 2 amide bonds. The van der Waals surface area contributed by atoms with E-state index in [-0.39, 0.29) is 24.3 Å². The number of likely N-dealkylation sites (tertiary alicyclic amines) is 1. The van der Waals surface area contributed by atoms with Crippen LogP contribution in [-0.4, -0.2) is 43.5 Å². The monoisotopic (exact) mass is 396 g/mol. The van der Waals surface area contributed by atoms with Crippen molar-refractivity contribution in [2.24, 2.45) is 5.92 Å². The Morgan fingerprint density at radius 2 is 1.69 bits per heavy atom. The van der Waals surface area contributed by atoms with Crippen LogP contribution in [0.25, 0.3) is 0 Å². The molecule has 6 nitrogen and oxygen atoms in total. The van der Waals surface area contributed by atoms with Gasteiger partial charge in [0.1, 0.15) is 0 Å². The molecule has 0 aromatic heterocycles. The Hall–Kier alpha value is -3.02. The summed E-state index contributed by atoms with van der Waals surface area (Å²) in [5.41, 5.74) is 2.30. The zero-order valence-corrected chi connectivity index (χ0v) is 17.0. The van der Waals surface area contributed by atoms with Gasteiger partial charge in [-0.25, -0.2) is 0 Å². The van der Waals surface area contributed by atoms with Crippen molar-refractivity contribution >= 4 is 11.8 Å². The molecule has 1 heterocycles. The summed E-state index contributed by atoms with van der Waals surface area (Å²) in [6.45, 7) is 3.67. The fraction of sp³-hybridized carbons (Fsp3) is 0.391. The Labute approximate surface area is 171 Å². The molecule has 2 aromatic rings. The number of hydrogen-bond acceptors (Lipinski definition) is 4. The van der Waals surface area contributed by atoms with Gasteiger partial charge in [0.25, 0.3) is 5.91 Å². The molecule has 0 aliphatic carbocycles. The van der Waals surface area contributed by atoms with Crippen molar-refractivity contribution in [1.29, 1.82) is 0 Å². The predicted octanol–water partition coefficient (Wildman–Crippen LogP) is 2.94. The van der Waals surface area contributed by atoms with Crippen LogP contribution < -0.4 is 14.8 Å². The first kappa shape index (κ1) is 20.7. The minimum Gasteiger partial charge on any atom is -0.493 e. The number of ether oxygens (including phenoxy) is 2. The molecular formula is C23H28N2O4. The van der Waals surface area contributed by atoms with E-state index in [4.69, 9.17) is 9.47 Å². The molecule has 1 N–H and O–H groups in total. The van der Waals surface area contributed by atoms with Gasteiger partial charge in [-0.05, 0) is 43.0 Å². The van der Waals surface area contributed by atoms with Crippen LogP contribution in [0.1, 0.15) is 24.0 Å². The number of para-hydroxylation sites is 2. The van der Waals surface area contributed by atoms with E-state index in [0.717, 1.165) is 5.56 Å². The highest BCUT2D eigenvalue weighted by Crippen LogP contribution is 2.26. The smallest absolute Gasteiger partial charge is 0.260 e. The fourth-order valence-electron chi connectivity index (χ4n) is 3.50. The molecule has 3 rings (SSSR count).